The van der Waals surface area contributed by atoms with Crippen molar-refractivity contribution in [3.05, 3.63) is 53.6 Å². The molecule has 136 valence electrons. The Labute approximate surface area is 149 Å². The van der Waals surface area contributed by atoms with Crippen molar-refractivity contribution in [2.45, 2.75) is 38.6 Å². The van der Waals surface area contributed by atoms with Gasteiger partial charge in [0.1, 0.15) is 5.82 Å². The lowest BCUT2D eigenvalue weighted by molar-refractivity contribution is -0.137. The van der Waals surface area contributed by atoms with E-state index in [9.17, 15) is 13.2 Å². The van der Waals surface area contributed by atoms with Crippen LogP contribution in [0, 0.1) is 6.92 Å². The number of benzene rings is 2. The zero-order valence-electron chi connectivity index (χ0n) is 14.4. The Balaban J connectivity index is 1.88. The quantitative estimate of drug-likeness (QED) is 0.641. The van der Waals surface area contributed by atoms with Crippen LogP contribution in [-0.2, 0) is 17.5 Å². The highest BCUT2D eigenvalue weighted by Crippen LogP contribution is 2.34. The second-order valence-corrected chi connectivity index (χ2v) is 6.70. The molecule has 1 fully saturated rings. The number of aryl methyl sites for hydroxylation is 1. The number of ether oxygens (including phenoxy) is 1. The molecule has 4 rings (SSSR count). The van der Waals surface area contributed by atoms with Crippen LogP contribution in [0.3, 0.4) is 0 Å². The fourth-order valence-corrected chi connectivity index (χ4v) is 3.51. The minimum absolute atomic E-state index is 0.0671. The summed E-state index contributed by atoms with van der Waals surface area (Å²) in [7, 11) is 0. The van der Waals surface area contributed by atoms with E-state index < -0.39 is 11.7 Å². The summed E-state index contributed by atoms with van der Waals surface area (Å²) in [4.78, 5) is 4.57. The zero-order valence-corrected chi connectivity index (χ0v) is 14.4. The standard InChI is InChI=1S/C20H19F3N2O/c1-13-5-2-3-7-16(13)19-24-17-11-14(20(21,22)23)8-9-18(17)25(19)12-15-6-4-10-26-15/h2-3,5,7-9,11,15H,4,6,10,12H2,1H3. The van der Waals surface area contributed by atoms with Gasteiger partial charge in [-0.25, -0.2) is 4.98 Å². The monoisotopic (exact) mass is 360 g/mol. The molecule has 0 spiro atoms. The van der Waals surface area contributed by atoms with Gasteiger partial charge in [0.2, 0.25) is 0 Å². The van der Waals surface area contributed by atoms with Gasteiger partial charge in [0.05, 0.1) is 29.2 Å². The first kappa shape index (κ1) is 17.1. The first-order valence-corrected chi connectivity index (χ1v) is 8.68. The van der Waals surface area contributed by atoms with E-state index in [4.69, 9.17) is 4.74 Å². The van der Waals surface area contributed by atoms with Crippen LogP contribution in [0.25, 0.3) is 22.4 Å². The Morgan fingerprint density at radius 3 is 2.69 bits per heavy atom. The number of alkyl halides is 3. The van der Waals surface area contributed by atoms with Gasteiger partial charge in [-0.2, -0.15) is 13.2 Å². The van der Waals surface area contributed by atoms with Crippen LogP contribution >= 0.6 is 0 Å². The van der Waals surface area contributed by atoms with E-state index in [0.29, 0.717) is 23.4 Å². The van der Waals surface area contributed by atoms with Crippen LogP contribution in [0.2, 0.25) is 0 Å². The SMILES string of the molecule is Cc1ccccc1-c1nc2cc(C(F)(F)F)ccc2n1CC1CCCO1. The van der Waals surface area contributed by atoms with Crippen molar-refractivity contribution in [3.8, 4) is 11.4 Å². The van der Waals surface area contributed by atoms with E-state index in [-0.39, 0.29) is 6.10 Å². The van der Waals surface area contributed by atoms with E-state index in [1.54, 1.807) is 0 Å². The summed E-state index contributed by atoms with van der Waals surface area (Å²) in [5.41, 5.74) is 2.34. The fraction of sp³-hybridized carbons (Fsp3) is 0.350. The second-order valence-electron chi connectivity index (χ2n) is 6.70. The summed E-state index contributed by atoms with van der Waals surface area (Å²) < 4.78 is 47.0. The average molecular weight is 360 g/mol. The minimum Gasteiger partial charge on any atom is -0.376 e. The molecule has 1 aromatic heterocycles. The molecule has 1 unspecified atom stereocenters. The normalized spacial score (nSPS) is 17.9. The van der Waals surface area contributed by atoms with Crippen molar-refractivity contribution in [3.63, 3.8) is 0 Å². The highest BCUT2D eigenvalue weighted by atomic mass is 19.4. The summed E-state index contributed by atoms with van der Waals surface area (Å²) in [6.45, 7) is 3.30. The molecule has 0 N–H and O–H groups in total. The van der Waals surface area contributed by atoms with Gasteiger partial charge in [0.25, 0.3) is 0 Å². The number of imidazole rings is 1. The number of hydrogen-bond donors (Lipinski definition) is 0. The van der Waals surface area contributed by atoms with Crippen LogP contribution in [0.4, 0.5) is 13.2 Å². The first-order chi connectivity index (χ1) is 12.4. The molecule has 1 atom stereocenters. The summed E-state index contributed by atoms with van der Waals surface area (Å²) in [6.07, 6.45) is -2.35. The predicted octanol–water partition coefficient (Wildman–Crippen LogP) is 5.21. The zero-order chi connectivity index (χ0) is 18.3. The number of hydrogen-bond acceptors (Lipinski definition) is 2. The van der Waals surface area contributed by atoms with Gasteiger partial charge in [0.15, 0.2) is 0 Å². The third kappa shape index (κ3) is 3.09. The topological polar surface area (TPSA) is 27.1 Å². The maximum Gasteiger partial charge on any atom is 0.416 e. The van der Waals surface area contributed by atoms with Crippen LogP contribution in [-0.4, -0.2) is 22.3 Å². The summed E-state index contributed by atoms with van der Waals surface area (Å²) >= 11 is 0. The van der Waals surface area contributed by atoms with Crippen molar-refractivity contribution in [2.75, 3.05) is 6.61 Å². The molecule has 26 heavy (non-hydrogen) atoms. The third-order valence-corrected chi connectivity index (χ3v) is 4.87. The average Bonchev–Trinajstić information content (AvgIpc) is 3.23. The third-order valence-electron chi connectivity index (χ3n) is 4.87. The van der Waals surface area contributed by atoms with E-state index in [1.807, 2.05) is 35.8 Å². The van der Waals surface area contributed by atoms with E-state index in [0.717, 1.165) is 42.7 Å². The highest BCUT2D eigenvalue weighted by Gasteiger charge is 2.31. The van der Waals surface area contributed by atoms with Gasteiger partial charge < -0.3 is 9.30 Å². The van der Waals surface area contributed by atoms with E-state index in [1.165, 1.54) is 6.07 Å². The molecule has 0 bridgehead atoms. The van der Waals surface area contributed by atoms with Crippen LogP contribution in [0.5, 0.6) is 0 Å². The minimum atomic E-state index is -4.38. The van der Waals surface area contributed by atoms with Crippen LogP contribution in [0.15, 0.2) is 42.5 Å². The molecule has 1 aliphatic heterocycles. The van der Waals surface area contributed by atoms with E-state index in [2.05, 4.69) is 4.98 Å². The summed E-state index contributed by atoms with van der Waals surface area (Å²) in [5.74, 6) is 0.688. The Bertz CT molecular complexity index is 940. The predicted molar refractivity (Wildman–Crippen MR) is 93.9 cm³/mol. The first-order valence-electron chi connectivity index (χ1n) is 8.68. The van der Waals surface area contributed by atoms with E-state index >= 15 is 0 Å². The Kier molecular flexibility index (Phi) is 4.23. The van der Waals surface area contributed by atoms with Crippen molar-refractivity contribution in [1.82, 2.24) is 9.55 Å². The summed E-state index contributed by atoms with van der Waals surface area (Å²) in [6, 6.07) is 11.6. The molecule has 3 aromatic rings. The van der Waals surface area contributed by atoms with Crippen molar-refractivity contribution in [1.29, 1.82) is 0 Å². The number of rotatable bonds is 3. The molecule has 0 radical (unpaired) electrons. The number of halogens is 3. The number of nitrogens with zero attached hydrogens (tertiary/aromatic N) is 2. The molecule has 2 heterocycles. The van der Waals surface area contributed by atoms with Crippen LogP contribution in [0.1, 0.15) is 24.0 Å². The van der Waals surface area contributed by atoms with Crippen molar-refractivity contribution < 1.29 is 17.9 Å². The van der Waals surface area contributed by atoms with Gasteiger partial charge in [-0.3, -0.25) is 0 Å². The van der Waals surface area contributed by atoms with Gasteiger partial charge >= 0.3 is 6.18 Å². The molecule has 2 aromatic carbocycles. The molecule has 0 saturated carbocycles. The van der Waals surface area contributed by atoms with Gasteiger partial charge in [-0.1, -0.05) is 24.3 Å². The maximum atomic E-state index is 13.1. The number of fused-ring (bicyclic) bond motifs is 1. The molecule has 1 aliphatic rings. The lowest BCUT2D eigenvalue weighted by atomic mass is 10.1. The lowest BCUT2D eigenvalue weighted by Gasteiger charge is -2.15. The van der Waals surface area contributed by atoms with Gasteiger partial charge in [-0.05, 0) is 43.5 Å². The molecule has 0 aliphatic carbocycles. The highest BCUT2D eigenvalue weighted by molar-refractivity contribution is 5.82. The van der Waals surface area contributed by atoms with Gasteiger partial charge in [-0.15, -0.1) is 0 Å². The molecular formula is C20H19F3N2O. The van der Waals surface area contributed by atoms with Crippen LogP contribution < -0.4 is 0 Å². The Hall–Kier alpha value is -2.34. The van der Waals surface area contributed by atoms with Crippen molar-refractivity contribution >= 4 is 11.0 Å². The molecule has 1 saturated heterocycles. The maximum absolute atomic E-state index is 13.1. The lowest BCUT2D eigenvalue weighted by Crippen LogP contribution is -2.16. The molecule has 0 amide bonds. The Morgan fingerprint density at radius 1 is 1.19 bits per heavy atom. The molecule has 6 heteroatoms. The van der Waals surface area contributed by atoms with Gasteiger partial charge in [0, 0.05) is 12.2 Å². The largest absolute Gasteiger partial charge is 0.416 e. The summed E-state index contributed by atoms with van der Waals surface area (Å²) in [5, 5.41) is 0. The molecular weight excluding hydrogens is 341 g/mol. The Morgan fingerprint density at radius 2 is 2.00 bits per heavy atom. The van der Waals surface area contributed by atoms with Crippen molar-refractivity contribution in [2.24, 2.45) is 0 Å². The molecule has 3 nitrogen and oxygen atoms in total. The second kappa shape index (κ2) is 6.43. The fourth-order valence-electron chi connectivity index (χ4n) is 3.51. The smallest absolute Gasteiger partial charge is 0.376 e. The number of aromatic nitrogens is 2.